The maximum absolute atomic E-state index is 8.42. The number of aliphatic hydroxyl groups excluding tert-OH is 2. The molecule has 162 valence electrons. The van der Waals surface area contributed by atoms with E-state index in [-0.39, 0.29) is 24.7 Å². The Kier molecular flexibility index (Phi) is 26.8. The largest absolute Gasteiger partial charge is 0.870 e. The van der Waals surface area contributed by atoms with Crippen LogP contribution in [0.1, 0.15) is 86.0 Å². The first-order valence-electron chi connectivity index (χ1n) is 10.9. The Hall–Kier alpha value is -0.200. The molecule has 0 aliphatic carbocycles. The van der Waals surface area contributed by atoms with Gasteiger partial charge in [0, 0.05) is 12.6 Å². The van der Waals surface area contributed by atoms with Crippen molar-refractivity contribution in [3.05, 3.63) is 0 Å². The van der Waals surface area contributed by atoms with Gasteiger partial charge in [-0.15, -0.1) is 0 Å². The van der Waals surface area contributed by atoms with Crippen molar-refractivity contribution in [3.8, 4) is 0 Å². The number of nitrogens with one attached hydrogen (secondary N) is 1. The average molecular weight is 379 g/mol. The molecule has 1 unspecified atom stereocenters. The highest BCUT2D eigenvalue weighted by Crippen LogP contribution is 2.16. The zero-order valence-corrected chi connectivity index (χ0v) is 18.5. The van der Waals surface area contributed by atoms with Gasteiger partial charge in [-0.05, 0) is 32.6 Å². The Labute approximate surface area is 164 Å². The maximum Gasteiger partial charge on any atom is 0.0786 e. The van der Waals surface area contributed by atoms with E-state index in [1.807, 2.05) is 6.92 Å². The maximum atomic E-state index is 8.42. The fourth-order valence-electron chi connectivity index (χ4n) is 3.02. The molecule has 0 heterocycles. The minimum Gasteiger partial charge on any atom is -0.870 e. The van der Waals surface area contributed by atoms with Crippen LogP contribution < -0.4 is 5.32 Å². The van der Waals surface area contributed by atoms with Crippen LogP contribution in [0.3, 0.4) is 0 Å². The Balaban J connectivity index is -0.000000498. The van der Waals surface area contributed by atoms with Crippen molar-refractivity contribution >= 4 is 0 Å². The third-order valence-corrected chi connectivity index (χ3v) is 4.82. The summed E-state index contributed by atoms with van der Waals surface area (Å²) in [4.78, 5) is 0. The predicted molar refractivity (Wildman–Crippen MR) is 113 cm³/mol. The molecule has 0 bridgehead atoms. The molecule has 0 fully saturated rings. The lowest BCUT2D eigenvalue weighted by Gasteiger charge is -2.39. The molecule has 0 spiro atoms. The summed E-state index contributed by atoms with van der Waals surface area (Å²) < 4.78 is 1.42. The SMILES string of the molecule is CC(CO)NCCO.CCCC[N+](CCCC)(CCCC)CCCC.[OH-]. The number of rotatable bonds is 16. The van der Waals surface area contributed by atoms with E-state index in [1.54, 1.807) is 0 Å². The van der Waals surface area contributed by atoms with Crippen LogP contribution in [0.15, 0.2) is 0 Å². The zero-order chi connectivity index (χ0) is 19.4. The minimum absolute atomic E-state index is 0. The van der Waals surface area contributed by atoms with Gasteiger partial charge in [0.25, 0.3) is 0 Å². The first-order valence-corrected chi connectivity index (χ1v) is 10.9. The lowest BCUT2D eigenvalue weighted by molar-refractivity contribution is -0.929. The van der Waals surface area contributed by atoms with Crippen LogP contribution in [0, 0.1) is 0 Å². The zero-order valence-electron chi connectivity index (χ0n) is 18.5. The quantitative estimate of drug-likeness (QED) is 0.357. The van der Waals surface area contributed by atoms with E-state index in [0.29, 0.717) is 6.54 Å². The molecule has 0 aliphatic rings. The van der Waals surface area contributed by atoms with E-state index in [0.717, 1.165) is 0 Å². The van der Waals surface area contributed by atoms with Crippen molar-refractivity contribution in [3.63, 3.8) is 0 Å². The van der Waals surface area contributed by atoms with Gasteiger partial charge in [-0.1, -0.05) is 53.4 Å². The summed E-state index contributed by atoms with van der Waals surface area (Å²) in [5.41, 5.74) is 0. The van der Waals surface area contributed by atoms with Crippen LogP contribution in [0.5, 0.6) is 0 Å². The highest BCUT2D eigenvalue weighted by molar-refractivity contribution is 4.55. The van der Waals surface area contributed by atoms with E-state index in [2.05, 4.69) is 33.0 Å². The van der Waals surface area contributed by atoms with Gasteiger partial charge in [0.15, 0.2) is 0 Å². The van der Waals surface area contributed by atoms with Gasteiger partial charge in [0.2, 0.25) is 0 Å². The normalized spacial score (nSPS) is 12.1. The summed E-state index contributed by atoms with van der Waals surface area (Å²) in [6, 6.07) is 0.0992. The summed E-state index contributed by atoms with van der Waals surface area (Å²) in [6.07, 6.45) is 11.1. The van der Waals surface area contributed by atoms with E-state index in [9.17, 15) is 0 Å². The Morgan fingerprint density at radius 2 is 1.08 bits per heavy atom. The van der Waals surface area contributed by atoms with Crippen molar-refractivity contribution in [1.29, 1.82) is 0 Å². The monoisotopic (exact) mass is 378 g/mol. The van der Waals surface area contributed by atoms with Gasteiger partial charge < -0.3 is 25.5 Å². The molecule has 0 aromatic heterocycles. The Morgan fingerprint density at radius 1 is 0.731 bits per heavy atom. The van der Waals surface area contributed by atoms with Crippen molar-refractivity contribution < 1.29 is 20.2 Å². The lowest BCUT2D eigenvalue weighted by Crippen LogP contribution is -2.50. The third-order valence-electron chi connectivity index (χ3n) is 4.82. The van der Waals surface area contributed by atoms with E-state index in [1.165, 1.54) is 82.0 Å². The number of quaternary nitrogens is 1. The number of nitrogens with zero attached hydrogens (tertiary/aromatic N) is 1. The number of unbranched alkanes of at least 4 members (excludes halogenated alkanes) is 4. The van der Waals surface area contributed by atoms with Gasteiger partial charge in [-0.3, -0.25) is 0 Å². The molecule has 0 aliphatic heterocycles. The van der Waals surface area contributed by atoms with Gasteiger partial charge in [-0.25, -0.2) is 0 Å². The molecule has 4 N–H and O–H groups in total. The average Bonchev–Trinajstić information content (AvgIpc) is 2.65. The van der Waals surface area contributed by atoms with Gasteiger partial charge in [-0.2, -0.15) is 0 Å². The minimum atomic E-state index is 0. The summed E-state index contributed by atoms with van der Waals surface area (Å²) in [6.45, 7) is 17.7. The molecule has 0 amide bonds. The van der Waals surface area contributed by atoms with Crippen molar-refractivity contribution in [2.45, 2.75) is 92.0 Å². The topological polar surface area (TPSA) is 82.5 Å². The van der Waals surface area contributed by atoms with Crippen LogP contribution in [-0.2, 0) is 0 Å². The smallest absolute Gasteiger partial charge is 0.0786 e. The highest BCUT2D eigenvalue weighted by atomic mass is 16.3. The van der Waals surface area contributed by atoms with Crippen LogP contribution >= 0.6 is 0 Å². The summed E-state index contributed by atoms with van der Waals surface area (Å²) in [7, 11) is 0. The molecule has 0 aromatic rings. The molecule has 0 saturated carbocycles. The second kappa shape index (κ2) is 22.8. The summed E-state index contributed by atoms with van der Waals surface area (Å²) in [5.74, 6) is 0. The van der Waals surface area contributed by atoms with Crippen LogP contribution in [-0.4, -0.2) is 72.2 Å². The van der Waals surface area contributed by atoms with Crippen LogP contribution in [0.25, 0.3) is 0 Å². The Bertz CT molecular complexity index is 216. The molecular formula is C21H50N2O3. The number of aliphatic hydroxyl groups is 2. The Morgan fingerprint density at radius 3 is 1.31 bits per heavy atom. The molecule has 0 rings (SSSR count). The third kappa shape index (κ3) is 18.6. The van der Waals surface area contributed by atoms with Crippen molar-refractivity contribution in [2.24, 2.45) is 0 Å². The van der Waals surface area contributed by atoms with Crippen molar-refractivity contribution in [2.75, 3.05) is 45.9 Å². The molecular weight excluding hydrogens is 328 g/mol. The van der Waals surface area contributed by atoms with E-state index < -0.39 is 0 Å². The van der Waals surface area contributed by atoms with Gasteiger partial charge in [0.05, 0.1) is 39.4 Å². The second-order valence-electron chi connectivity index (χ2n) is 7.41. The fourth-order valence-corrected chi connectivity index (χ4v) is 3.02. The second-order valence-corrected chi connectivity index (χ2v) is 7.41. The number of hydrogen-bond acceptors (Lipinski definition) is 4. The van der Waals surface area contributed by atoms with Gasteiger partial charge in [0.1, 0.15) is 0 Å². The molecule has 26 heavy (non-hydrogen) atoms. The van der Waals surface area contributed by atoms with Crippen molar-refractivity contribution in [1.82, 2.24) is 5.32 Å². The van der Waals surface area contributed by atoms with E-state index >= 15 is 0 Å². The van der Waals surface area contributed by atoms with E-state index in [4.69, 9.17) is 10.2 Å². The first kappa shape index (κ1) is 30.5. The first-order chi connectivity index (χ1) is 12.1. The molecule has 0 saturated heterocycles. The highest BCUT2D eigenvalue weighted by Gasteiger charge is 2.24. The standard InChI is InChI=1S/C16H36N.C5H13NO2.H2O/c1-5-9-13-17(14-10-6-2,15-11-7-3)16-12-8-4;1-5(4-8)6-2-3-7;/h5-16H2,1-4H3;5-8H,2-4H2,1H3;1H2/q+1;;/p-1. The molecule has 0 aromatic carbocycles. The van der Waals surface area contributed by atoms with Gasteiger partial charge >= 0.3 is 0 Å². The molecule has 1 atom stereocenters. The summed E-state index contributed by atoms with van der Waals surface area (Å²) >= 11 is 0. The molecule has 5 heteroatoms. The fraction of sp³-hybridized carbons (Fsp3) is 1.00. The molecule has 0 radical (unpaired) electrons. The number of hydrogen-bond donors (Lipinski definition) is 3. The van der Waals surface area contributed by atoms with Crippen LogP contribution in [0.4, 0.5) is 0 Å². The van der Waals surface area contributed by atoms with Crippen LogP contribution in [0.2, 0.25) is 0 Å². The summed E-state index contributed by atoms with van der Waals surface area (Å²) in [5, 5.41) is 19.6. The molecule has 5 nitrogen and oxygen atoms in total. The lowest BCUT2D eigenvalue weighted by atomic mass is 10.1. The predicted octanol–water partition coefficient (Wildman–Crippen LogP) is 3.78.